The number of carbonyl (C=O) groups excluding carboxylic acids is 1. The Morgan fingerprint density at radius 2 is 2.20 bits per heavy atom. The third-order valence-electron chi connectivity index (χ3n) is 4.63. The quantitative estimate of drug-likeness (QED) is 0.742. The maximum Gasteiger partial charge on any atom is 0.220 e. The number of fused-ring (bicyclic) bond motifs is 1. The summed E-state index contributed by atoms with van der Waals surface area (Å²) < 4.78 is 0. The molecule has 1 amide bonds. The number of benzene rings is 1. The summed E-state index contributed by atoms with van der Waals surface area (Å²) in [6.45, 7) is 1.78. The number of para-hydroxylation sites is 1. The third kappa shape index (κ3) is 2.80. The van der Waals surface area contributed by atoms with E-state index >= 15 is 0 Å². The molecule has 3 N–H and O–H groups in total. The van der Waals surface area contributed by atoms with E-state index in [4.69, 9.17) is 5.11 Å². The number of hydrogen-bond donors (Lipinski definition) is 3. The second-order valence-corrected chi connectivity index (χ2v) is 6.12. The van der Waals surface area contributed by atoms with Crippen molar-refractivity contribution in [2.75, 3.05) is 25.0 Å². The number of hydrogen-bond acceptors (Lipinski definition) is 3. The number of aliphatic hydroxyl groups excluding tert-OH is 1. The van der Waals surface area contributed by atoms with Crippen LogP contribution in [0.2, 0.25) is 0 Å². The molecule has 1 saturated carbocycles. The average Bonchev–Trinajstić information content (AvgIpc) is 3.11. The van der Waals surface area contributed by atoms with Gasteiger partial charge < -0.3 is 15.7 Å². The summed E-state index contributed by atoms with van der Waals surface area (Å²) in [5, 5.41) is 15.4. The first-order valence-corrected chi connectivity index (χ1v) is 7.43. The standard InChI is InChI=1S/C16H22N2O2/c19-8-7-16(5-6-16)11-18-15(20)9-12-10-17-14-4-2-1-3-13(12)14/h1-4,12,17,19H,5-11H2,(H,18,20). The maximum absolute atomic E-state index is 12.1. The Bertz CT molecular complexity index is 497. The Morgan fingerprint density at radius 3 is 2.95 bits per heavy atom. The summed E-state index contributed by atoms with van der Waals surface area (Å²) in [6, 6.07) is 8.20. The van der Waals surface area contributed by atoms with Crippen molar-refractivity contribution in [2.45, 2.75) is 31.6 Å². The largest absolute Gasteiger partial charge is 0.396 e. The highest BCUT2D eigenvalue weighted by Gasteiger charge is 2.42. The van der Waals surface area contributed by atoms with Crippen LogP contribution in [-0.4, -0.2) is 30.7 Å². The zero-order valence-electron chi connectivity index (χ0n) is 11.7. The molecule has 1 heterocycles. The van der Waals surface area contributed by atoms with Crippen LogP contribution in [-0.2, 0) is 4.79 Å². The zero-order chi connectivity index (χ0) is 14.0. The van der Waals surface area contributed by atoms with Crippen LogP contribution < -0.4 is 10.6 Å². The highest BCUT2D eigenvalue weighted by Crippen LogP contribution is 2.47. The van der Waals surface area contributed by atoms with Crippen molar-refractivity contribution in [3.8, 4) is 0 Å². The number of anilines is 1. The van der Waals surface area contributed by atoms with Gasteiger partial charge in [-0.3, -0.25) is 4.79 Å². The first kappa shape index (κ1) is 13.4. The molecule has 0 radical (unpaired) electrons. The van der Waals surface area contributed by atoms with Gasteiger partial charge in [0.2, 0.25) is 5.91 Å². The van der Waals surface area contributed by atoms with Gasteiger partial charge in [0.1, 0.15) is 0 Å². The summed E-state index contributed by atoms with van der Waals surface area (Å²) in [5.41, 5.74) is 2.60. The van der Waals surface area contributed by atoms with E-state index in [2.05, 4.69) is 22.8 Å². The van der Waals surface area contributed by atoms with Crippen molar-refractivity contribution >= 4 is 11.6 Å². The van der Waals surface area contributed by atoms with E-state index in [9.17, 15) is 4.79 Å². The monoisotopic (exact) mass is 274 g/mol. The van der Waals surface area contributed by atoms with Crippen LogP contribution in [0.1, 0.15) is 37.2 Å². The van der Waals surface area contributed by atoms with Gasteiger partial charge in [0, 0.05) is 37.7 Å². The Kier molecular flexibility index (Phi) is 3.66. The first-order valence-electron chi connectivity index (χ1n) is 7.43. The fourth-order valence-corrected chi connectivity index (χ4v) is 3.05. The van der Waals surface area contributed by atoms with Crippen LogP contribution in [0.5, 0.6) is 0 Å². The van der Waals surface area contributed by atoms with E-state index in [-0.39, 0.29) is 23.8 Å². The lowest BCUT2D eigenvalue weighted by molar-refractivity contribution is -0.121. The van der Waals surface area contributed by atoms with Crippen molar-refractivity contribution in [1.29, 1.82) is 0 Å². The van der Waals surface area contributed by atoms with E-state index in [0.717, 1.165) is 31.5 Å². The smallest absolute Gasteiger partial charge is 0.220 e. The van der Waals surface area contributed by atoms with E-state index in [1.807, 2.05) is 12.1 Å². The maximum atomic E-state index is 12.1. The molecule has 1 fully saturated rings. The zero-order valence-corrected chi connectivity index (χ0v) is 11.7. The van der Waals surface area contributed by atoms with E-state index in [1.54, 1.807) is 0 Å². The van der Waals surface area contributed by atoms with Gasteiger partial charge in [-0.1, -0.05) is 18.2 Å². The highest BCUT2D eigenvalue weighted by atomic mass is 16.3. The van der Waals surface area contributed by atoms with Crippen LogP contribution >= 0.6 is 0 Å². The minimum absolute atomic E-state index is 0.123. The molecule has 2 aliphatic rings. The van der Waals surface area contributed by atoms with Crippen LogP contribution in [0.25, 0.3) is 0 Å². The second-order valence-electron chi connectivity index (χ2n) is 6.12. The molecule has 0 aromatic heterocycles. The van der Waals surface area contributed by atoms with Crippen LogP contribution in [0, 0.1) is 5.41 Å². The van der Waals surface area contributed by atoms with Crippen molar-refractivity contribution in [3.05, 3.63) is 29.8 Å². The molecule has 1 aromatic rings. The molecular weight excluding hydrogens is 252 g/mol. The fraction of sp³-hybridized carbons (Fsp3) is 0.562. The molecule has 1 atom stereocenters. The number of aliphatic hydroxyl groups is 1. The van der Waals surface area contributed by atoms with Gasteiger partial charge in [-0.05, 0) is 36.3 Å². The Hall–Kier alpha value is -1.55. The summed E-state index contributed by atoms with van der Waals surface area (Å²) in [4.78, 5) is 12.1. The lowest BCUT2D eigenvalue weighted by Gasteiger charge is -2.16. The highest BCUT2D eigenvalue weighted by molar-refractivity contribution is 5.78. The number of rotatable bonds is 6. The fourth-order valence-electron chi connectivity index (χ4n) is 3.05. The van der Waals surface area contributed by atoms with Crippen molar-refractivity contribution in [1.82, 2.24) is 5.32 Å². The minimum Gasteiger partial charge on any atom is -0.396 e. The SMILES string of the molecule is O=C(CC1CNc2ccccc21)NCC1(CCO)CC1. The van der Waals surface area contributed by atoms with E-state index in [0.29, 0.717) is 13.0 Å². The molecule has 108 valence electrons. The van der Waals surface area contributed by atoms with Crippen LogP contribution in [0.4, 0.5) is 5.69 Å². The van der Waals surface area contributed by atoms with Gasteiger partial charge in [-0.25, -0.2) is 0 Å². The summed E-state index contributed by atoms with van der Waals surface area (Å²) in [7, 11) is 0. The summed E-state index contributed by atoms with van der Waals surface area (Å²) in [6.07, 6.45) is 3.60. The normalized spacial score (nSPS) is 21.9. The molecule has 1 unspecified atom stereocenters. The lowest BCUT2D eigenvalue weighted by atomic mass is 9.97. The predicted molar refractivity (Wildman–Crippen MR) is 78.7 cm³/mol. The van der Waals surface area contributed by atoms with Crippen molar-refractivity contribution in [2.24, 2.45) is 5.41 Å². The van der Waals surface area contributed by atoms with Gasteiger partial charge >= 0.3 is 0 Å². The summed E-state index contributed by atoms with van der Waals surface area (Å²) in [5.74, 6) is 0.400. The molecule has 1 aliphatic heterocycles. The minimum atomic E-state index is 0.123. The molecule has 0 bridgehead atoms. The predicted octanol–water partition coefficient (Wildman–Crippen LogP) is 1.86. The second kappa shape index (κ2) is 5.44. The Labute approximate surface area is 119 Å². The summed E-state index contributed by atoms with van der Waals surface area (Å²) >= 11 is 0. The number of carbonyl (C=O) groups is 1. The van der Waals surface area contributed by atoms with Gasteiger partial charge in [0.15, 0.2) is 0 Å². The van der Waals surface area contributed by atoms with Crippen LogP contribution in [0.3, 0.4) is 0 Å². The molecule has 0 spiro atoms. The van der Waals surface area contributed by atoms with Gasteiger partial charge in [0.25, 0.3) is 0 Å². The first-order chi connectivity index (χ1) is 9.72. The molecule has 0 saturated heterocycles. The third-order valence-corrected chi connectivity index (χ3v) is 4.63. The van der Waals surface area contributed by atoms with Crippen molar-refractivity contribution < 1.29 is 9.90 Å². The molecule has 20 heavy (non-hydrogen) atoms. The van der Waals surface area contributed by atoms with Gasteiger partial charge in [0.05, 0.1) is 0 Å². The number of nitrogens with one attached hydrogen (secondary N) is 2. The molecule has 4 nitrogen and oxygen atoms in total. The topological polar surface area (TPSA) is 61.4 Å². The van der Waals surface area contributed by atoms with Gasteiger partial charge in [-0.15, -0.1) is 0 Å². The van der Waals surface area contributed by atoms with E-state index in [1.165, 1.54) is 5.56 Å². The van der Waals surface area contributed by atoms with E-state index < -0.39 is 0 Å². The number of amides is 1. The molecule has 3 rings (SSSR count). The Morgan fingerprint density at radius 1 is 1.40 bits per heavy atom. The molecular formula is C16H22N2O2. The lowest BCUT2D eigenvalue weighted by Crippen LogP contribution is -2.31. The molecule has 1 aromatic carbocycles. The van der Waals surface area contributed by atoms with Crippen molar-refractivity contribution in [3.63, 3.8) is 0 Å². The molecule has 1 aliphatic carbocycles. The van der Waals surface area contributed by atoms with Gasteiger partial charge in [-0.2, -0.15) is 0 Å². The Balaban J connectivity index is 1.51. The van der Waals surface area contributed by atoms with Crippen LogP contribution in [0.15, 0.2) is 24.3 Å². The molecule has 4 heteroatoms. The average molecular weight is 274 g/mol.